The Hall–Kier alpha value is -1.25. The summed E-state index contributed by atoms with van der Waals surface area (Å²) in [7, 11) is 0. The minimum Gasteiger partial charge on any atom is -0.380 e. The Morgan fingerprint density at radius 3 is 1.88 bits per heavy atom. The molecule has 0 aromatic heterocycles. The molecule has 0 spiro atoms. The van der Waals surface area contributed by atoms with Crippen molar-refractivity contribution in [1.29, 1.82) is 0 Å². The van der Waals surface area contributed by atoms with E-state index in [2.05, 4.69) is 12.1 Å². The Morgan fingerprint density at radius 2 is 1.41 bits per heavy atom. The summed E-state index contributed by atoms with van der Waals surface area (Å²) in [6.07, 6.45) is 0.696. The Labute approximate surface area is 105 Å². The van der Waals surface area contributed by atoms with Gasteiger partial charge in [-0.15, -0.1) is 0 Å². The van der Waals surface area contributed by atoms with Crippen LogP contribution in [0.3, 0.4) is 0 Å². The molecule has 1 N–H and O–H groups in total. The topological polar surface area (TPSA) is 20.2 Å². The molecule has 3 rings (SSSR count). The molecule has 0 saturated carbocycles. The van der Waals surface area contributed by atoms with Crippen LogP contribution in [0.4, 0.5) is 0 Å². The van der Waals surface area contributed by atoms with Crippen LogP contribution in [0.2, 0.25) is 0 Å². The lowest BCUT2D eigenvalue weighted by molar-refractivity contribution is 0.0698. The van der Waals surface area contributed by atoms with E-state index < -0.39 is 5.60 Å². The quantitative estimate of drug-likeness (QED) is 0.821. The first-order valence-corrected chi connectivity index (χ1v) is 6.66. The van der Waals surface area contributed by atoms with Gasteiger partial charge in [0.1, 0.15) is 5.60 Å². The van der Waals surface area contributed by atoms with Crippen molar-refractivity contribution in [2.24, 2.45) is 0 Å². The third-order valence-electron chi connectivity index (χ3n) is 3.40. The molecule has 0 fully saturated rings. The maximum Gasteiger partial charge on any atom is 0.117 e. The van der Waals surface area contributed by atoms with Gasteiger partial charge in [-0.3, -0.25) is 0 Å². The van der Waals surface area contributed by atoms with Crippen molar-refractivity contribution in [3.8, 4) is 0 Å². The summed E-state index contributed by atoms with van der Waals surface area (Å²) in [4.78, 5) is 2.33. The van der Waals surface area contributed by atoms with Crippen LogP contribution in [0, 0.1) is 0 Å². The molecular formula is C15H14OS. The van der Waals surface area contributed by atoms with Crippen molar-refractivity contribution >= 4 is 11.8 Å². The lowest BCUT2D eigenvalue weighted by atomic mass is 9.83. The van der Waals surface area contributed by atoms with Crippen molar-refractivity contribution in [2.75, 3.05) is 0 Å². The molecule has 0 bridgehead atoms. The summed E-state index contributed by atoms with van der Waals surface area (Å²) in [6, 6.07) is 16.3. The van der Waals surface area contributed by atoms with E-state index in [-0.39, 0.29) is 0 Å². The third-order valence-corrected chi connectivity index (χ3v) is 4.55. The van der Waals surface area contributed by atoms with Crippen LogP contribution < -0.4 is 0 Å². The minimum absolute atomic E-state index is 0.696. The summed E-state index contributed by atoms with van der Waals surface area (Å²) in [5.41, 5.74) is 1.23. The van der Waals surface area contributed by atoms with Crippen LogP contribution in [0.5, 0.6) is 0 Å². The van der Waals surface area contributed by atoms with Gasteiger partial charge in [0.2, 0.25) is 0 Å². The third kappa shape index (κ3) is 1.52. The van der Waals surface area contributed by atoms with Gasteiger partial charge >= 0.3 is 0 Å². The molecule has 0 aliphatic carbocycles. The number of aliphatic hydroxyl groups is 1. The van der Waals surface area contributed by atoms with E-state index in [1.807, 2.05) is 43.3 Å². The fourth-order valence-electron chi connectivity index (χ4n) is 2.44. The molecule has 1 nitrogen and oxygen atoms in total. The maximum absolute atomic E-state index is 11.0. The Morgan fingerprint density at radius 1 is 0.941 bits per heavy atom. The first kappa shape index (κ1) is 10.9. The molecule has 1 heterocycles. The van der Waals surface area contributed by atoms with Crippen molar-refractivity contribution in [3.63, 3.8) is 0 Å². The first-order valence-electron chi connectivity index (χ1n) is 5.85. The second kappa shape index (κ2) is 3.90. The standard InChI is InChI=1S/C15H14OS/c1-2-15(16)11-7-3-5-9-13(11)17-14-10-6-4-8-12(14)15/h3-10,16H,2H2,1H3. The fourth-order valence-corrected chi connectivity index (χ4v) is 3.66. The van der Waals surface area contributed by atoms with E-state index in [0.717, 1.165) is 20.9 Å². The molecule has 0 saturated heterocycles. The van der Waals surface area contributed by atoms with E-state index in [1.54, 1.807) is 11.8 Å². The first-order chi connectivity index (χ1) is 8.25. The van der Waals surface area contributed by atoms with Gasteiger partial charge in [-0.05, 0) is 18.6 Å². The van der Waals surface area contributed by atoms with Crippen LogP contribution in [-0.2, 0) is 5.60 Å². The number of rotatable bonds is 1. The van der Waals surface area contributed by atoms with Crippen molar-refractivity contribution in [3.05, 3.63) is 59.7 Å². The van der Waals surface area contributed by atoms with E-state index in [4.69, 9.17) is 0 Å². The highest BCUT2D eigenvalue weighted by Crippen LogP contribution is 2.49. The smallest absolute Gasteiger partial charge is 0.117 e. The molecule has 2 aromatic carbocycles. The van der Waals surface area contributed by atoms with E-state index in [1.165, 1.54) is 0 Å². The second-order valence-electron chi connectivity index (χ2n) is 4.31. The molecule has 2 aromatic rings. The van der Waals surface area contributed by atoms with Gasteiger partial charge in [-0.2, -0.15) is 0 Å². The molecule has 86 valence electrons. The van der Waals surface area contributed by atoms with Gasteiger partial charge in [-0.1, -0.05) is 55.1 Å². The van der Waals surface area contributed by atoms with Gasteiger partial charge < -0.3 is 5.11 Å². The summed E-state index contributed by atoms with van der Waals surface area (Å²) < 4.78 is 0. The molecule has 0 radical (unpaired) electrons. The Balaban J connectivity index is 2.28. The number of hydrogen-bond acceptors (Lipinski definition) is 2. The zero-order chi connectivity index (χ0) is 11.9. The number of benzene rings is 2. The van der Waals surface area contributed by atoms with Crippen molar-refractivity contribution in [1.82, 2.24) is 0 Å². The second-order valence-corrected chi connectivity index (χ2v) is 5.39. The average Bonchev–Trinajstić information content (AvgIpc) is 2.39. The highest BCUT2D eigenvalue weighted by atomic mass is 32.2. The highest BCUT2D eigenvalue weighted by Gasteiger charge is 2.37. The van der Waals surface area contributed by atoms with Crippen molar-refractivity contribution < 1.29 is 5.11 Å². The number of fused-ring (bicyclic) bond motifs is 2. The number of hydrogen-bond donors (Lipinski definition) is 1. The van der Waals surface area contributed by atoms with E-state index >= 15 is 0 Å². The van der Waals surface area contributed by atoms with Gasteiger partial charge in [0.05, 0.1) is 0 Å². The van der Waals surface area contributed by atoms with Gasteiger partial charge in [-0.25, -0.2) is 0 Å². The zero-order valence-electron chi connectivity index (χ0n) is 9.68. The lowest BCUT2D eigenvalue weighted by Crippen LogP contribution is -2.29. The van der Waals surface area contributed by atoms with Crippen LogP contribution in [-0.4, -0.2) is 5.11 Å². The minimum atomic E-state index is -0.835. The normalized spacial score (nSPS) is 16.1. The van der Waals surface area contributed by atoms with Gasteiger partial charge in [0.15, 0.2) is 0 Å². The highest BCUT2D eigenvalue weighted by molar-refractivity contribution is 7.99. The summed E-state index contributed by atoms with van der Waals surface area (Å²) >= 11 is 1.74. The van der Waals surface area contributed by atoms with Crippen LogP contribution in [0.15, 0.2) is 58.3 Å². The van der Waals surface area contributed by atoms with Crippen LogP contribution in [0.1, 0.15) is 24.5 Å². The molecule has 0 atom stereocenters. The predicted molar refractivity (Wildman–Crippen MR) is 70.3 cm³/mol. The SMILES string of the molecule is CCC1(O)c2ccccc2Sc2ccccc21. The summed E-state index contributed by atoms with van der Waals surface area (Å²) in [6.45, 7) is 2.03. The molecule has 17 heavy (non-hydrogen) atoms. The lowest BCUT2D eigenvalue weighted by Gasteiger charge is -2.35. The molecule has 1 aliphatic rings. The predicted octanol–water partition coefficient (Wildman–Crippen LogP) is 3.80. The van der Waals surface area contributed by atoms with Gasteiger partial charge in [0, 0.05) is 20.9 Å². The van der Waals surface area contributed by atoms with Crippen LogP contribution in [0.25, 0.3) is 0 Å². The maximum atomic E-state index is 11.0. The van der Waals surface area contributed by atoms with Gasteiger partial charge in [0.25, 0.3) is 0 Å². The molecule has 1 aliphatic heterocycles. The monoisotopic (exact) mass is 242 g/mol. The van der Waals surface area contributed by atoms with Crippen LogP contribution >= 0.6 is 11.8 Å². The fraction of sp³-hybridized carbons (Fsp3) is 0.200. The summed E-state index contributed by atoms with van der Waals surface area (Å²) in [5, 5.41) is 11.0. The Kier molecular flexibility index (Phi) is 2.49. The molecule has 0 unspecified atom stereocenters. The average molecular weight is 242 g/mol. The van der Waals surface area contributed by atoms with Crippen molar-refractivity contribution in [2.45, 2.75) is 28.7 Å². The largest absolute Gasteiger partial charge is 0.380 e. The zero-order valence-corrected chi connectivity index (χ0v) is 10.5. The molecule has 0 amide bonds. The summed E-state index contributed by atoms with van der Waals surface area (Å²) in [5.74, 6) is 0. The van der Waals surface area contributed by atoms with E-state index in [0.29, 0.717) is 6.42 Å². The molecular weight excluding hydrogens is 228 g/mol. The van der Waals surface area contributed by atoms with E-state index in [9.17, 15) is 5.11 Å². The molecule has 2 heteroatoms. The Bertz CT molecular complexity index is 517.